The van der Waals surface area contributed by atoms with Gasteiger partial charge in [-0.3, -0.25) is 0 Å². The van der Waals surface area contributed by atoms with Crippen LogP contribution in [-0.4, -0.2) is 4.57 Å². The summed E-state index contributed by atoms with van der Waals surface area (Å²) in [4.78, 5) is 0. The van der Waals surface area contributed by atoms with Crippen LogP contribution in [0.2, 0.25) is 0 Å². The minimum atomic E-state index is 1.14. The molecule has 0 aliphatic heterocycles. The van der Waals surface area contributed by atoms with E-state index in [2.05, 4.69) is 255 Å². The second kappa shape index (κ2) is 15.8. The molecular formula is C64H45N. The van der Waals surface area contributed by atoms with Crippen LogP contribution in [0, 0.1) is 13.8 Å². The molecule has 0 N–H and O–H groups in total. The predicted molar refractivity (Wildman–Crippen MR) is 278 cm³/mol. The fourth-order valence-corrected chi connectivity index (χ4v) is 10.5. The highest BCUT2D eigenvalue weighted by atomic mass is 15.0. The first-order valence-corrected chi connectivity index (χ1v) is 22.6. The second-order valence-electron chi connectivity index (χ2n) is 17.2. The third kappa shape index (κ3) is 6.47. The van der Waals surface area contributed by atoms with E-state index in [0.29, 0.717) is 0 Å². The monoisotopic (exact) mass is 827 g/mol. The van der Waals surface area contributed by atoms with Gasteiger partial charge < -0.3 is 4.57 Å². The fraction of sp³-hybridized carbons (Fsp3) is 0.0312. The molecule has 0 saturated carbocycles. The molecule has 1 nitrogen and oxygen atoms in total. The quantitative estimate of drug-likeness (QED) is 0.141. The van der Waals surface area contributed by atoms with Gasteiger partial charge in [-0.2, -0.15) is 0 Å². The Morgan fingerprint density at radius 2 is 0.646 bits per heavy atom. The average molecular weight is 828 g/mol. The first-order valence-electron chi connectivity index (χ1n) is 22.6. The smallest absolute Gasteiger partial charge is 0.0541 e. The standard InChI is InChI=1S/C64H45N/c1-42-51(44-18-5-3-6-19-44)29-16-31-53(42)54-32-17-30-52(43(54)2)49-23-15-22-47(40-49)48-36-39-62-60(41-48)55-24-13-14-33-61(55)65(62)50-37-34-46(35-38-50)64-58-27-11-9-25-56(58)63(45-20-7-4-8-21-45)57-26-10-12-28-59(57)64/h3-41H,1-2H3. The molecule has 1 aromatic heterocycles. The van der Waals surface area contributed by atoms with E-state index >= 15 is 0 Å². The summed E-state index contributed by atoms with van der Waals surface area (Å²) in [5, 5.41) is 7.55. The summed E-state index contributed by atoms with van der Waals surface area (Å²) in [6, 6.07) is 86.8. The van der Waals surface area contributed by atoms with Crippen LogP contribution in [0.15, 0.2) is 237 Å². The van der Waals surface area contributed by atoms with Gasteiger partial charge in [0, 0.05) is 16.5 Å². The summed E-state index contributed by atoms with van der Waals surface area (Å²) in [5.41, 5.74) is 21.1. The molecule has 0 spiro atoms. The molecule has 0 aliphatic rings. The lowest BCUT2D eigenvalue weighted by Gasteiger charge is -2.18. The third-order valence-electron chi connectivity index (χ3n) is 13.6. The molecule has 0 atom stereocenters. The van der Waals surface area contributed by atoms with Crippen molar-refractivity contribution < 1.29 is 0 Å². The molecule has 0 bridgehead atoms. The lowest BCUT2D eigenvalue weighted by molar-refractivity contribution is 1.18. The molecule has 0 amide bonds. The van der Waals surface area contributed by atoms with Gasteiger partial charge in [-0.25, -0.2) is 0 Å². The molecule has 0 radical (unpaired) electrons. The van der Waals surface area contributed by atoms with Crippen LogP contribution in [0.1, 0.15) is 11.1 Å². The van der Waals surface area contributed by atoms with Crippen LogP contribution in [0.25, 0.3) is 116 Å². The Balaban J connectivity index is 0.926. The topological polar surface area (TPSA) is 4.93 Å². The van der Waals surface area contributed by atoms with Crippen LogP contribution in [-0.2, 0) is 0 Å². The van der Waals surface area contributed by atoms with Crippen molar-refractivity contribution in [2.24, 2.45) is 0 Å². The molecule has 0 fully saturated rings. The van der Waals surface area contributed by atoms with Gasteiger partial charge in [0.1, 0.15) is 0 Å². The zero-order chi connectivity index (χ0) is 43.4. The minimum Gasteiger partial charge on any atom is -0.309 e. The van der Waals surface area contributed by atoms with Gasteiger partial charge in [-0.15, -0.1) is 0 Å². The molecule has 306 valence electrons. The van der Waals surface area contributed by atoms with E-state index in [4.69, 9.17) is 0 Å². The van der Waals surface area contributed by atoms with Gasteiger partial charge in [-0.05, 0) is 150 Å². The molecule has 0 unspecified atom stereocenters. The number of hydrogen-bond acceptors (Lipinski definition) is 0. The number of rotatable bonds is 7. The van der Waals surface area contributed by atoms with Crippen molar-refractivity contribution in [1.82, 2.24) is 4.57 Å². The van der Waals surface area contributed by atoms with E-state index in [1.807, 2.05) is 0 Å². The van der Waals surface area contributed by atoms with Crippen molar-refractivity contribution in [3.8, 4) is 72.4 Å². The third-order valence-corrected chi connectivity index (χ3v) is 13.6. The zero-order valence-electron chi connectivity index (χ0n) is 36.5. The van der Waals surface area contributed by atoms with Crippen LogP contribution in [0.4, 0.5) is 0 Å². The molecular weight excluding hydrogens is 783 g/mol. The van der Waals surface area contributed by atoms with Crippen molar-refractivity contribution in [2.75, 3.05) is 0 Å². The maximum Gasteiger partial charge on any atom is 0.0541 e. The zero-order valence-corrected chi connectivity index (χ0v) is 36.5. The Bertz CT molecular complexity index is 3700. The number of aromatic nitrogens is 1. The summed E-state index contributed by atoms with van der Waals surface area (Å²) in [6.45, 7) is 4.52. The van der Waals surface area contributed by atoms with Gasteiger partial charge in [0.15, 0.2) is 0 Å². The summed E-state index contributed by atoms with van der Waals surface area (Å²) < 4.78 is 2.42. The summed E-state index contributed by atoms with van der Waals surface area (Å²) >= 11 is 0. The summed E-state index contributed by atoms with van der Waals surface area (Å²) in [7, 11) is 0. The van der Waals surface area contributed by atoms with Crippen LogP contribution in [0.5, 0.6) is 0 Å². The van der Waals surface area contributed by atoms with Crippen molar-refractivity contribution in [3.05, 3.63) is 248 Å². The van der Waals surface area contributed by atoms with Gasteiger partial charge in [-0.1, -0.05) is 200 Å². The fourth-order valence-electron chi connectivity index (χ4n) is 10.5. The van der Waals surface area contributed by atoms with Crippen molar-refractivity contribution in [3.63, 3.8) is 0 Å². The lowest BCUT2D eigenvalue weighted by Crippen LogP contribution is -1.95. The Hall–Kier alpha value is -8.26. The van der Waals surface area contributed by atoms with Crippen molar-refractivity contribution >= 4 is 43.4 Å². The first kappa shape index (κ1) is 38.4. The molecule has 1 heteroatoms. The number of para-hydroxylation sites is 1. The van der Waals surface area contributed by atoms with E-state index in [9.17, 15) is 0 Å². The largest absolute Gasteiger partial charge is 0.309 e. The van der Waals surface area contributed by atoms with Crippen LogP contribution < -0.4 is 0 Å². The molecule has 0 aliphatic carbocycles. The number of fused-ring (bicyclic) bond motifs is 5. The maximum absolute atomic E-state index is 2.42. The van der Waals surface area contributed by atoms with Crippen molar-refractivity contribution in [1.29, 1.82) is 0 Å². The van der Waals surface area contributed by atoms with Gasteiger partial charge in [0.2, 0.25) is 0 Å². The van der Waals surface area contributed by atoms with Gasteiger partial charge >= 0.3 is 0 Å². The average Bonchev–Trinajstić information content (AvgIpc) is 3.70. The normalized spacial score (nSPS) is 11.5. The summed E-state index contributed by atoms with van der Waals surface area (Å²) in [6.07, 6.45) is 0. The molecule has 12 rings (SSSR count). The van der Waals surface area contributed by atoms with Crippen LogP contribution in [0.3, 0.4) is 0 Å². The maximum atomic E-state index is 2.42. The molecule has 12 aromatic rings. The second-order valence-corrected chi connectivity index (χ2v) is 17.2. The lowest BCUT2D eigenvalue weighted by atomic mass is 9.86. The highest BCUT2D eigenvalue weighted by Gasteiger charge is 2.19. The van der Waals surface area contributed by atoms with Gasteiger partial charge in [0.05, 0.1) is 11.0 Å². The van der Waals surface area contributed by atoms with E-state index in [1.54, 1.807) is 0 Å². The first-order chi connectivity index (χ1) is 32.1. The molecule has 0 saturated heterocycles. The van der Waals surface area contributed by atoms with Crippen molar-refractivity contribution in [2.45, 2.75) is 13.8 Å². The molecule has 1 heterocycles. The number of hydrogen-bond donors (Lipinski definition) is 0. The molecule has 11 aromatic carbocycles. The van der Waals surface area contributed by atoms with E-state index in [0.717, 1.165) is 5.69 Å². The Morgan fingerprint density at radius 1 is 0.246 bits per heavy atom. The number of nitrogens with zero attached hydrogens (tertiary/aromatic N) is 1. The molecule has 65 heavy (non-hydrogen) atoms. The minimum absolute atomic E-state index is 1.14. The number of benzene rings is 11. The van der Waals surface area contributed by atoms with Gasteiger partial charge in [0.25, 0.3) is 0 Å². The van der Waals surface area contributed by atoms with Crippen LogP contribution >= 0.6 is 0 Å². The van der Waals surface area contributed by atoms with E-state index in [1.165, 1.54) is 121 Å². The predicted octanol–water partition coefficient (Wildman–Crippen LogP) is 17.7. The highest BCUT2D eigenvalue weighted by molar-refractivity contribution is 6.21. The Kier molecular flexibility index (Phi) is 9.35. The SMILES string of the molecule is Cc1c(-c2ccccc2)cccc1-c1cccc(-c2cccc(-c3ccc4c(c3)c3ccccc3n4-c3ccc(-c4c5ccccc5c(-c5ccccc5)c5ccccc45)cc3)c2)c1C. The Labute approximate surface area is 380 Å². The highest BCUT2D eigenvalue weighted by Crippen LogP contribution is 2.45. The Morgan fingerprint density at radius 3 is 1.25 bits per heavy atom. The summed E-state index contributed by atoms with van der Waals surface area (Å²) in [5.74, 6) is 0. The van der Waals surface area contributed by atoms with E-state index < -0.39 is 0 Å². The van der Waals surface area contributed by atoms with E-state index in [-0.39, 0.29) is 0 Å².